The Bertz CT molecular complexity index is 2470. The lowest BCUT2D eigenvalue weighted by atomic mass is 9.89. The number of hydrogen-bond donors (Lipinski definition) is 0. The van der Waals surface area contributed by atoms with Gasteiger partial charge in [0.1, 0.15) is 0 Å². The summed E-state index contributed by atoms with van der Waals surface area (Å²) in [5.41, 5.74) is 8.66. The standard InChI is InChI=1S/C43H28N4/c1-29-26-39-41(47(34-10-6-3-7-11-34)36-20-14-31(28-45)15-21-36)24-17-32-16-22-38-40(25-23-37(29)43(38)42(32)39)46(33-8-4-2-5-9-33)35-18-12-30(27-44)13-19-35/h2-26H,1H3. The van der Waals surface area contributed by atoms with E-state index in [4.69, 9.17) is 0 Å². The summed E-state index contributed by atoms with van der Waals surface area (Å²) in [5.74, 6) is 0. The van der Waals surface area contributed by atoms with Gasteiger partial charge in [-0.15, -0.1) is 0 Å². The fourth-order valence-electron chi connectivity index (χ4n) is 6.80. The predicted octanol–water partition coefficient (Wildman–Crippen LogP) is 11.6. The molecule has 0 fully saturated rings. The summed E-state index contributed by atoms with van der Waals surface area (Å²) < 4.78 is 0. The monoisotopic (exact) mass is 600 g/mol. The second kappa shape index (κ2) is 11.4. The molecule has 4 heteroatoms. The fraction of sp³-hybridized carbons (Fsp3) is 0.0233. The lowest BCUT2D eigenvalue weighted by molar-refractivity contribution is 1.29. The fourth-order valence-corrected chi connectivity index (χ4v) is 6.80. The third kappa shape index (κ3) is 4.68. The summed E-state index contributed by atoms with van der Waals surface area (Å²) >= 11 is 0. The van der Waals surface area contributed by atoms with Crippen LogP contribution >= 0.6 is 0 Å². The molecule has 0 spiro atoms. The van der Waals surface area contributed by atoms with Gasteiger partial charge in [0.2, 0.25) is 0 Å². The van der Waals surface area contributed by atoms with Crippen LogP contribution in [-0.4, -0.2) is 0 Å². The third-order valence-corrected chi connectivity index (χ3v) is 8.96. The van der Waals surface area contributed by atoms with Gasteiger partial charge < -0.3 is 9.80 Å². The molecular weight excluding hydrogens is 573 g/mol. The van der Waals surface area contributed by atoms with Gasteiger partial charge in [0.05, 0.1) is 34.6 Å². The van der Waals surface area contributed by atoms with Gasteiger partial charge in [-0.3, -0.25) is 0 Å². The Kier molecular flexibility index (Phi) is 6.76. The minimum Gasteiger partial charge on any atom is -0.310 e. The first-order valence-corrected chi connectivity index (χ1v) is 15.6. The van der Waals surface area contributed by atoms with Gasteiger partial charge in [-0.1, -0.05) is 60.7 Å². The van der Waals surface area contributed by atoms with Crippen LogP contribution in [0.25, 0.3) is 32.3 Å². The van der Waals surface area contributed by atoms with Crippen LogP contribution in [-0.2, 0) is 0 Å². The highest BCUT2D eigenvalue weighted by atomic mass is 15.1. The van der Waals surface area contributed by atoms with Crippen molar-refractivity contribution in [1.82, 2.24) is 0 Å². The molecule has 0 amide bonds. The zero-order valence-corrected chi connectivity index (χ0v) is 25.7. The molecule has 0 saturated carbocycles. The van der Waals surface area contributed by atoms with Crippen molar-refractivity contribution >= 4 is 66.4 Å². The van der Waals surface area contributed by atoms with Gasteiger partial charge >= 0.3 is 0 Å². The minimum absolute atomic E-state index is 0.630. The first-order valence-electron chi connectivity index (χ1n) is 15.6. The Labute approximate surface area is 273 Å². The average Bonchev–Trinajstić information content (AvgIpc) is 3.13. The summed E-state index contributed by atoms with van der Waals surface area (Å²) in [6.07, 6.45) is 0. The molecule has 0 N–H and O–H groups in total. The smallest absolute Gasteiger partial charge is 0.0991 e. The third-order valence-electron chi connectivity index (χ3n) is 8.96. The van der Waals surface area contributed by atoms with Crippen LogP contribution in [0.4, 0.5) is 34.1 Å². The van der Waals surface area contributed by atoms with E-state index in [9.17, 15) is 10.5 Å². The van der Waals surface area contributed by atoms with E-state index in [0.717, 1.165) is 44.9 Å². The van der Waals surface area contributed by atoms with Crippen molar-refractivity contribution in [3.05, 3.63) is 168 Å². The van der Waals surface area contributed by atoms with Crippen LogP contribution in [0.5, 0.6) is 0 Å². The first-order chi connectivity index (χ1) is 23.1. The Morgan fingerprint density at radius 1 is 0.426 bits per heavy atom. The van der Waals surface area contributed by atoms with Crippen molar-refractivity contribution < 1.29 is 0 Å². The van der Waals surface area contributed by atoms with Crippen LogP contribution in [0.1, 0.15) is 16.7 Å². The van der Waals surface area contributed by atoms with E-state index in [1.165, 1.54) is 27.1 Å². The van der Waals surface area contributed by atoms with Crippen LogP contribution in [0.2, 0.25) is 0 Å². The normalized spacial score (nSPS) is 11.0. The number of rotatable bonds is 6. The molecule has 8 rings (SSSR count). The Balaban J connectivity index is 1.42. The zero-order valence-electron chi connectivity index (χ0n) is 25.7. The summed E-state index contributed by atoms with van der Waals surface area (Å²) in [7, 11) is 0. The average molecular weight is 601 g/mol. The van der Waals surface area contributed by atoms with Crippen LogP contribution in [0.3, 0.4) is 0 Å². The largest absolute Gasteiger partial charge is 0.310 e. The van der Waals surface area contributed by atoms with Crippen molar-refractivity contribution in [3.8, 4) is 12.1 Å². The number of nitrogens with zero attached hydrogens (tertiary/aromatic N) is 4. The molecule has 0 atom stereocenters. The number of nitriles is 2. The summed E-state index contributed by atoms with van der Waals surface area (Å²) in [6.45, 7) is 2.19. The van der Waals surface area contributed by atoms with E-state index >= 15 is 0 Å². The predicted molar refractivity (Wildman–Crippen MR) is 194 cm³/mol. The zero-order chi connectivity index (χ0) is 31.9. The van der Waals surface area contributed by atoms with E-state index in [0.29, 0.717) is 11.1 Å². The van der Waals surface area contributed by atoms with Crippen molar-refractivity contribution in [2.24, 2.45) is 0 Å². The van der Waals surface area contributed by atoms with Crippen LogP contribution in [0.15, 0.2) is 152 Å². The summed E-state index contributed by atoms with van der Waals surface area (Å²) in [6, 6.07) is 56.5. The van der Waals surface area contributed by atoms with Crippen molar-refractivity contribution in [1.29, 1.82) is 10.5 Å². The molecule has 0 saturated heterocycles. The molecule has 0 heterocycles. The summed E-state index contributed by atoms with van der Waals surface area (Å²) in [5, 5.41) is 26.1. The number of hydrogen-bond acceptors (Lipinski definition) is 4. The molecule has 0 bridgehead atoms. The maximum absolute atomic E-state index is 9.48. The molecule has 4 nitrogen and oxygen atoms in total. The Hall–Kier alpha value is -6.62. The lowest BCUT2D eigenvalue weighted by Gasteiger charge is -2.29. The maximum atomic E-state index is 9.48. The van der Waals surface area contributed by atoms with Gasteiger partial charge in [0, 0.05) is 33.5 Å². The SMILES string of the molecule is Cc1cc2c(N(c3ccccc3)c3ccc(C#N)cc3)ccc3ccc4c(N(c5ccccc5)c5ccc(C#N)cc5)ccc1c4c32. The Morgan fingerprint density at radius 2 is 0.872 bits per heavy atom. The molecule has 220 valence electrons. The van der Waals surface area contributed by atoms with E-state index < -0.39 is 0 Å². The molecule has 47 heavy (non-hydrogen) atoms. The van der Waals surface area contributed by atoms with Gasteiger partial charge in [-0.2, -0.15) is 10.5 Å². The molecule has 0 unspecified atom stereocenters. The van der Waals surface area contributed by atoms with E-state index in [-0.39, 0.29) is 0 Å². The molecule has 0 aliphatic heterocycles. The molecule has 8 aromatic rings. The summed E-state index contributed by atoms with van der Waals surface area (Å²) in [4.78, 5) is 4.55. The number of benzene rings is 8. The molecule has 0 aliphatic carbocycles. The molecule has 0 aromatic heterocycles. The van der Waals surface area contributed by atoms with E-state index in [1.54, 1.807) is 0 Å². The van der Waals surface area contributed by atoms with E-state index in [2.05, 4.69) is 120 Å². The molecule has 8 aromatic carbocycles. The van der Waals surface area contributed by atoms with Crippen LogP contribution < -0.4 is 9.80 Å². The van der Waals surface area contributed by atoms with Gasteiger partial charge in [-0.05, 0) is 125 Å². The van der Waals surface area contributed by atoms with Gasteiger partial charge in [-0.25, -0.2) is 0 Å². The molecule has 0 radical (unpaired) electrons. The maximum Gasteiger partial charge on any atom is 0.0991 e. The highest BCUT2D eigenvalue weighted by Gasteiger charge is 2.22. The Morgan fingerprint density at radius 3 is 1.40 bits per heavy atom. The number of anilines is 6. The lowest BCUT2D eigenvalue weighted by Crippen LogP contribution is -2.11. The minimum atomic E-state index is 0.630. The second-order valence-corrected chi connectivity index (χ2v) is 11.7. The van der Waals surface area contributed by atoms with Crippen molar-refractivity contribution in [3.63, 3.8) is 0 Å². The molecular formula is C43H28N4. The van der Waals surface area contributed by atoms with Crippen molar-refractivity contribution in [2.45, 2.75) is 6.92 Å². The molecule has 0 aliphatic rings. The second-order valence-electron chi connectivity index (χ2n) is 11.7. The highest BCUT2D eigenvalue weighted by Crippen LogP contribution is 2.48. The van der Waals surface area contributed by atoms with Crippen molar-refractivity contribution in [2.75, 3.05) is 9.80 Å². The van der Waals surface area contributed by atoms with Gasteiger partial charge in [0.25, 0.3) is 0 Å². The van der Waals surface area contributed by atoms with Crippen LogP contribution in [0, 0.1) is 29.6 Å². The first kappa shape index (κ1) is 27.9. The topological polar surface area (TPSA) is 54.1 Å². The van der Waals surface area contributed by atoms with E-state index in [1.807, 2.05) is 60.7 Å². The van der Waals surface area contributed by atoms with Gasteiger partial charge in [0.15, 0.2) is 0 Å². The number of para-hydroxylation sites is 2. The highest BCUT2D eigenvalue weighted by molar-refractivity contribution is 6.28. The quantitative estimate of drug-likeness (QED) is 0.178. The number of aryl methyl sites for hydroxylation is 1.